The van der Waals surface area contributed by atoms with Gasteiger partial charge in [-0.2, -0.15) is 0 Å². The van der Waals surface area contributed by atoms with Crippen LogP contribution in [0.1, 0.15) is 6.92 Å². The Kier molecular flexibility index (Phi) is 4.39. The first kappa shape index (κ1) is 14.6. The molecule has 0 saturated heterocycles. The lowest BCUT2D eigenvalue weighted by molar-refractivity contribution is -0.142. The van der Waals surface area contributed by atoms with Crippen LogP contribution in [0, 0.1) is 0 Å². The molecule has 0 spiro atoms. The van der Waals surface area contributed by atoms with Crippen LogP contribution in [0.3, 0.4) is 0 Å². The number of rotatable bonds is 6. The maximum absolute atomic E-state index is 10.7. The van der Waals surface area contributed by atoms with E-state index in [1.54, 1.807) is 0 Å². The van der Waals surface area contributed by atoms with Crippen LogP contribution in [0.4, 0.5) is 0 Å². The number of para-hydroxylation sites is 2. The van der Waals surface area contributed by atoms with Gasteiger partial charge < -0.3 is 14.0 Å². The van der Waals surface area contributed by atoms with Crippen LogP contribution in [0.5, 0.6) is 0 Å². The van der Waals surface area contributed by atoms with Gasteiger partial charge in [-0.3, -0.25) is 4.79 Å². The van der Waals surface area contributed by atoms with Crippen LogP contribution in [0.2, 0.25) is 0 Å². The third-order valence-electron chi connectivity index (χ3n) is 3.67. The molecule has 1 heterocycles. The van der Waals surface area contributed by atoms with E-state index in [-0.39, 0.29) is 5.97 Å². The second-order valence-electron chi connectivity index (χ2n) is 5.14. The van der Waals surface area contributed by atoms with Crippen LogP contribution >= 0.6 is 0 Å². The summed E-state index contributed by atoms with van der Waals surface area (Å²) in [5.74, 6) is -0.272. The molecule has 3 rings (SSSR count). The molecule has 3 aromatic rings. The van der Waals surface area contributed by atoms with Crippen molar-refractivity contribution in [3.63, 3.8) is 0 Å². The monoisotopic (exact) mass is 297 g/mol. The summed E-state index contributed by atoms with van der Waals surface area (Å²) < 4.78 is 12.7. The Balaban J connectivity index is 1.73. The average molecular weight is 297 g/mol. The van der Waals surface area contributed by atoms with E-state index in [0.717, 1.165) is 6.54 Å². The van der Waals surface area contributed by atoms with Gasteiger partial charge in [0.25, 0.3) is 0 Å². The summed E-state index contributed by atoms with van der Waals surface area (Å²) in [5.41, 5.74) is 2.43. The fraction of sp³-hybridized carbons (Fsp3) is 0.278. The summed E-state index contributed by atoms with van der Waals surface area (Å²) in [6.07, 6.45) is 0. The highest BCUT2D eigenvalue weighted by Crippen LogP contribution is 2.28. The average Bonchev–Trinajstić information content (AvgIpc) is 2.85. The highest BCUT2D eigenvalue weighted by atomic mass is 16.6. The summed E-state index contributed by atoms with van der Waals surface area (Å²) in [7, 11) is 0. The second kappa shape index (κ2) is 6.62. The van der Waals surface area contributed by atoms with Crippen molar-refractivity contribution in [2.24, 2.45) is 0 Å². The van der Waals surface area contributed by atoms with Crippen molar-refractivity contribution >= 4 is 27.8 Å². The highest BCUT2D eigenvalue weighted by Gasteiger charge is 2.08. The van der Waals surface area contributed by atoms with Crippen LogP contribution in [0.15, 0.2) is 48.5 Å². The van der Waals surface area contributed by atoms with Crippen molar-refractivity contribution in [3.8, 4) is 0 Å². The van der Waals surface area contributed by atoms with Crippen molar-refractivity contribution in [2.45, 2.75) is 13.5 Å². The molecule has 0 atom stereocenters. The van der Waals surface area contributed by atoms with Crippen LogP contribution in [-0.4, -0.2) is 30.4 Å². The van der Waals surface area contributed by atoms with Gasteiger partial charge in [-0.05, 0) is 12.1 Å². The van der Waals surface area contributed by atoms with E-state index in [2.05, 4.69) is 53.1 Å². The number of hydrogen-bond acceptors (Lipinski definition) is 3. The zero-order valence-electron chi connectivity index (χ0n) is 12.6. The van der Waals surface area contributed by atoms with Crippen LogP contribution in [0.25, 0.3) is 21.8 Å². The first-order chi connectivity index (χ1) is 10.8. The van der Waals surface area contributed by atoms with Crippen molar-refractivity contribution in [2.75, 3.05) is 19.8 Å². The number of nitrogens with zero attached hydrogens (tertiary/aromatic N) is 1. The Morgan fingerprint density at radius 1 is 0.909 bits per heavy atom. The fourth-order valence-electron chi connectivity index (χ4n) is 2.75. The lowest BCUT2D eigenvalue weighted by Crippen LogP contribution is -2.11. The predicted octanol–water partition coefficient (Wildman–Crippen LogP) is 3.37. The molecule has 0 amide bonds. The van der Waals surface area contributed by atoms with E-state index < -0.39 is 0 Å². The third kappa shape index (κ3) is 2.97. The quantitative estimate of drug-likeness (QED) is 0.517. The first-order valence-electron chi connectivity index (χ1n) is 7.44. The van der Waals surface area contributed by atoms with Crippen LogP contribution in [-0.2, 0) is 20.8 Å². The number of carbonyl (C=O) groups is 1. The van der Waals surface area contributed by atoms with E-state index in [4.69, 9.17) is 9.47 Å². The van der Waals surface area contributed by atoms with E-state index in [1.165, 1.54) is 28.7 Å². The lowest BCUT2D eigenvalue weighted by Gasteiger charge is -2.08. The fourth-order valence-corrected chi connectivity index (χ4v) is 2.75. The molecular weight excluding hydrogens is 278 g/mol. The maximum atomic E-state index is 10.7. The van der Waals surface area contributed by atoms with Crippen molar-refractivity contribution < 1.29 is 14.3 Å². The smallest absolute Gasteiger partial charge is 0.302 e. The molecule has 4 nitrogen and oxygen atoms in total. The number of hydrogen-bond donors (Lipinski definition) is 0. The van der Waals surface area contributed by atoms with Gasteiger partial charge in [0.05, 0.1) is 13.2 Å². The summed E-state index contributed by atoms with van der Waals surface area (Å²) >= 11 is 0. The molecule has 0 aliphatic rings. The van der Waals surface area contributed by atoms with Gasteiger partial charge in [-0.1, -0.05) is 36.4 Å². The van der Waals surface area contributed by atoms with Crippen molar-refractivity contribution in [3.05, 3.63) is 48.5 Å². The summed E-state index contributed by atoms with van der Waals surface area (Å²) in [6.45, 7) is 3.50. The second-order valence-corrected chi connectivity index (χ2v) is 5.14. The Hall–Kier alpha value is -2.33. The SMILES string of the molecule is CC(=O)OCCOCCn1c2ccccc2c2ccccc21. The highest BCUT2D eigenvalue weighted by molar-refractivity contribution is 6.07. The molecule has 0 bridgehead atoms. The van der Waals surface area contributed by atoms with Crippen molar-refractivity contribution in [1.82, 2.24) is 4.57 Å². The van der Waals surface area contributed by atoms with E-state index in [0.29, 0.717) is 19.8 Å². The summed E-state index contributed by atoms with van der Waals surface area (Å²) in [4.78, 5) is 10.7. The zero-order valence-corrected chi connectivity index (χ0v) is 12.6. The van der Waals surface area contributed by atoms with Crippen molar-refractivity contribution in [1.29, 1.82) is 0 Å². The van der Waals surface area contributed by atoms with E-state index in [9.17, 15) is 4.79 Å². The number of ether oxygens (including phenoxy) is 2. The predicted molar refractivity (Wildman–Crippen MR) is 86.9 cm³/mol. The largest absolute Gasteiger partial charge is 0.463 e. The third-order valence-corrected chi connectivity index (χ3v) is 3.67. The van der Waals surface area contributed by atoms with Gasteiger partial charge in [0.15, 0.2) is 0 Å². The molecule has 1 aromatic heterocycles. The summed E-state index contributed by atoms with van der Waals surface area (Å²) in [5, 5.41) is 2.52. The Bertz CT molecular complexity index is 738. The minimum absolute atomic E-state index is 0.272. The van der Waals surface area contributed by atoms with Gasteiger partial charge in [-0.25, -0.2) is 0 Å². The molecule has 0 saturated carbocycles. The first-order valence-corrected chi connectivity index (χ1v) is 7.44. The standard InChI is InChI=1S/C18H19NO3/c1-14(20)22-13-12-21-11-10-19-17-8-4-2-6-15(17)16-7-3-5-9-18(16)19/h2-9H,10-13H2,1H3. The molecule has 0 aliphatic heterocycles. The van der Waals surface area contributed by atoms with Crippen LogP contribution < -0.4 is 0 Å². The molecule has 22 heavy (non-hydrogen) atoms. The number of benzene rings is 2. The molecule has 0 aliphatic carbocycles. The normalized spacial score (nSPS) is 11.1. The Morgan fingerprint density at radius 2 is 1.50 bits per heavy atom. The van der Waals surface area contributed by atoms with Gasteiger partial charge in [0.2, 0.25) is 0 Å². The number of aromatic nitrogens is 1. The van der Waals surface area contributed by atoms with E-state index >= 15 is 0 Å². The molecule has 0 N–H and O–H groups in total. The molecule has 0 unspecified atom stereocenters. The molecule has 0 fully saturated rings. The molecule has 4 heteroatoms. The van der Waals surface area contributed by atoms with Gasteiger partial charge >= 0.3 is 5.97 Å². The maximum Gasteiger partial charge on any atom is 0.302 e. The van der Waals surface area contributed by atoms with Gasteiger partial charge in [0, 0.05) is 35.3 Å². The Labute approximate surface area is 129 Å². The Morgan fingerprint density at radius 3 is 2.09 bits per heavy atom. The molecule has 2 aromatic carbocycles. The minimum Gasteiger partial charge on any atom is -0.463 e. The number of carbonyl (C=O) groups excluding carboxylic acids is 1. The molecular formula is C18H19NO3. The van der Waals surface area contributed by atoms with E-state index in [1.807, 2.05) is 0 Å². The minimum atomic E-state index is -0.272. The van der Waals surface area contributed by atoms with Gasteiger partial charge in [-0.15, -0.1) is 0 Å². The number of fused-ring (bicyclic) bond motifs is 3. The number of esters is 1. The molecule has 0 radical (unpaired) electrons. The summed E-state index contributed by atoms with van der Waals surface area (Å²) in [6, 6.07) is 16.8. The topological polar surface area (TPSA) is 40.5 Å². The zero-order chi connectivity index (χ0) is 15.4. The van der Waals surface area contributed by atoms with Gasteiger partial charge in [0.1, 0.15) is 6.61 Å². The lowest BCUT2D eigenvalue weighted by atomic mass is 10.2. The molecule has 114 valence electrons.